The third-order valence-corrected chi connectivity index (χ3v) is 5.20. The Hall–Kier alpha value is -1.59. The average Bonchev–Trinajstić information content (AvgIpc) is 2.88. The molecule has 3 aromatic rings. The van der Waals surface area contributed by atoms with E-state index < -0.39 is 0 Å². The van der Waals surface area contributed by atoms with Crippen molar-refractivity contribution in [3.8, 4) is 0 Å². The lowest BCUT2D eigenvalue weighted by Crippen LogP contribution is -2.45. The van der Waals surface area contributed by atoms with E-state index in [-0.39, 0.29) is 5.78 Å². The number of aromatic nitrogens is 1. The Morgan fingerprint density at radius 3 is 2.04 bits per heavy atom. The van der Waals surface area contributed by atoms with Crippen LogP contribution >= 0.6 is 23.2 Å². The van der Waals surface area contributed by atoms with E-state index in [1.54, 1.807) is 0 Å². The Kier molecular flexibility index (Phi) is 4.69. The molecule has 1 aromatic heterocycles. The molecule has 2 aromatic carbocycles. The lowest BCUT2D eigenvalue weighted by molar-refractivity contribution is -0.120. The normalized spacial score (nSPS) is 15.9. The fourth-order valence-corrected chi connectivity index (χ4v) is 3.91. The monoisotopic (exact) mass is 375 g/mol. The lowest BCUT2D eigenvalue weighted by Gasteiger charge is -2.26. The number of carbonyl (C=O) groups excluding carboxylic acids is 1. The van der Waals surface area contributed by atoms with Gasteiger partial charge in [0.15, 0.2) is 5.78 Å². The molecule has 1 aliphatic heterocycles. The van der Waals surface area contributed by atoms with E-state index in [1.165, 1.54) is 0 Å². The first kappa shape index (κ1) is 16.9. The fourth-order valence-electron chi connectivity index (χ4n) is 3.56. The average molecular weight is 376 g/mol. The second kappa shape index (κ2) is 6.96. The molecule has 0 radical (unpaired) electrons. The van der Waals surface area contributed by atoms with Gasteiger partial charge in [0.05, 0.1) is 13.1 Å². The second-order valence-corrected chi connectivity index (χ2v) is 7.35. The van der Waals surface area contributed by atoms with Gasteiger partial charge in [0.1, 0.15) is 0 Å². The molecular weight excluding hydrogens is 357 g/mol. The van der Waals surface area contributed by atoms with Crippen LogP contribution in [0.1, 0.15) is 0 Å². The zero-order chi connectivity index (χ0) is 17.4. The summed E-state index contributed by atoms with van der Waals surface area (Å²) in [4.78, 5) is 14.9. The van der Waals surface area contributed by atoms with Crippen LogP contribution < -0.4 is 5.32 Å². The van der Waals surface area contributed by atoms with Crippen LogP contribution in [0.4, 0.5) is 0 Å². The predicted octanol–water partition coefficient (Wildman–Crippen LogP) is 3.58. The number of benzene rings is 2. The van der Waals surface area contributed by atoms with Crippen molar-refractivity contribution < 1.29 is 4.79 Å². The summed E-state index contributed by atoms with van der Waals surface area (Å²) in [5.74, 6) is 0.214. The molecule has 4 nitrogen and oxygen atoms in total. The predicted molar refractivity (Wildman–Crippen MR) is 104 cm³/mol. The first-order chi connectivity index (χ1) is 12.1. The Morgan fingerprint density at radius 1 is 0.920 bits per heavy atom. The van der Waals surface area contributed by atoms with Gasteiger partial charge >= 0.3 is 0 Å². The number of hydrogen-bond donors (Lipinski definition) is 1. The van der Waals surface area contributed by atoms with E-state index in [4.69, 9.17) is 23.2 Å². The molecule has 1 fully saturated rings. The summed E-state index contributed by atoms with van der Waals surface area (Å²) in [6, 6.07) is 11.6. The minimum atomic E-state index is 0.214. The van der Waals surface area contributed by atoms with Crippen LogP contribution in [-0.4, -0.2) is 48.0 Å². The summed E-state index contributed by atoms with van der Waals surface area (Å²) in [5, 5.41) is 6.72. The number of ketones is 1. The largest absolute Gasteiger partial charge is 0.333 e. The number of carbonyl (C=O) groups is 1. The SMILES string of the molecule is O=C(CN1CCNCC1)Cn1c2ccc(Cl)cc2c2cc(Cl)ccc21. The maximum atomic E-state index is 12.7. The number of hydrogen-bond acceptors (Lipinski definition) is 3. The standard InChI is InChI=1S/C19H19Cl2N3O/c20-13-1-3-18-16(9-13)17-10-14(21)2-4-19(17)24(18)12-15(25)11-23-7-5-22-6-8-23/h1-4,9-10,22H,5-8,11-12H2. The second-order valence-electron chi connectivity index (χ2n) is 6.47. The van der Waals surface area contributed by atoms with Gasteiger partial charge in [-0.1, -0.05) is 23.2 Å². The van der Waals surface area contributed by atoms with Gasteiger partial charge in [-0.05, 0) is 36.4 Å². The van der Waals surface area contributed by atoms with Gasteiger partial charge in [0.25, 0.3) is 0 Å². The molecule has 0 atom stereocenters. The first-order valence-electron chi connectivity index (χ1n) is 8.43. The summed E-state index contributed by atoms with van der Waals surface area (Å²) in [5.41, 5.74) is 2.02. The molecule has 6 heteroatoms. The third kappa shape index (κ3) is 3.40. The molecule has 1 N–H and O–H groups in total. The zero-order valence-corrected chi connectivity index (χ0v) is 15.3. The molecule has 0 saturated carbocycles. The van der Waals surface area contributed by atoms with Gasteiger partial charge in [-0.3, -0.25) is 9.69 Å². The van der Waals surface area contributed by atoms with Crippen LogP contribution in [0.2, 0.25) is 10.0 Å². The lowest BCUT2D eigenvalue weighted by atomic mass is 10.1. The van der Waals surface area contributed by atoms with Crippen LogP contribution in [0.3, 0.4) is 0 Å². The number of piperazine rings is 1. The molecule has 0 bridgehead atoms. The molecule has 0 aliphatic carbocycles. The highest BCUT2D eigenvalue weighted by atomic mass is 35.5. The molecule has 0 spiro atoms. The van der Waals surface area contributed by atoms with Crippen molar-refractivity contribution in [3.05, 3.63) is 46.4 Å². The molecule has 4 rings (SSSR count). The van der Waals surface area contributed by atoms with E-state index in [0.29, 0.717) is 23.1 Å². The van der Waals surface area contributed by atoms with Crippen LogP contribution in [0, 0.1) is 0 Å². The maximum absolute atomic E-state index is 12.7. The van der Waals surface area contributed by atoms with Crippen molar-refractivity contribution in [1.82, 2.24) is 14.8 Å². The number of nitrogens with zero attached hydrogens (tertiary/aromatic N) is 2. The van der Waals surface area contributed by atoms with Gasteiger partial charge in [-0.15, -0.1) is 0 Å². The van der Waals surface area contributed by atoms with Crippen molar-refractivity contribution in [2.75, 3.05) is 32.7 Å². The zero-order valence-electron chi connectivity index (χ0n) is 13.8. The summed E-state index contributed by atoms with van der Waals surface area (Å²) in [6.45, 7) is 4.57. The van der Waals surface area contributed by atoms with Gasteiger partial charge in [-0.25, -0.2) is 0 Å². The van der Waals surface area contributed by atoms with E-state index in [2.05, 4.69) is 14.8 Å². The highest BCUT2D eigenvalue weighted by Crippen LogP contribution is 2.32. The fraction of sp³-hybridized carbons (Fsp3) is 0.316. The van der Waals surface area contributed by atoms with Crippen molar-refractivity contribution >= 4 is 50.8 Å². The molecule has 130 valence electrons. The van der Waals surface area contributed by atoms with Gasteiger partial charge in [0.2, 0.25) is 0 Å². The number of Topliss-reactive ketones (excluding diaryl/α,β-unsaturated/α-hetero) is 1. The summed E-state index contributed by atoms with van der Waals surface area (Å²) < 4.78 is 2.07. The highest BCUT2D eigenvalue weighted by Gasteiger charge is 2.17. The molecule has 0 unspecified atom stereocenters. The van der Waals surface area contributed by atoms with E-state index in [1.807, 2.05) is 36.4 Å². The summed E-state index contributed by atoms with van der Waals surface area (Å²) in [6.07, 6.45) is 0. The van der Waals surface area contributed by atoms with E-state index in [9.17, 15) is 4.79 Å². The highest BCUT2D eigenvalue weighted by molar-refractivity contribution is 6.33. The summed E-state index contributed by atoms with van der Waals surface area (Å²) in [7, 11) is 0. The summed E-state index contributed by atoms with van der Waals surface area (Å²) >= 11 is 12.4. The maximum Gasteiger partial charge on any atom is 0.166 e. The smallest absolute Gasteiger partial charge is 0.166 e. The van der Waals surface area contributed by atoms with Crippen molar-refractivity contribution in [3.63, 3.8) is 0 Å². The number of rotatable bonds is 4. The van der Waals surface area contributed by atoms with Crippen LogP contribution in [0.25, 0.3) is 21.8 Å². The third-order valence-electron chi connectivity index (χ3n) is 4.73. The molecule has 0 amide bonds. The molecule has 25 heavy (non-hydrogen) atoms. The molecular formula is C19H19Cl2N3O. The number of fused-ring (bicyclic) bond motifs is 3. The van der Waals surface area contributed by atoms with Gasteiger partial charge < -0.3 is 9.88 Å². The van der Waals surface area contributed by atoms with E-state index >= 15 is 0 Å². The topological polar surface area (TPSA) is 37.3 Å². The molecule has 1 aliphatic rings. The Bertz CT molecular complexity index is 885. The Balaban J connectivity index is 1.71. The van der Waals surface area contributed by atoms with Crippen molar-refractivity contribution in [2.24, 2.45) is 0 Å². The molecule has 1 saturated heterocycles. The van der Waals surface area contributed by atoms with Gasteiger partial charge in [-0.2, -0.15) is 0 Å². The van der Waals surface area contributed by atoms with Crippen LogP contribution in [0.5, 0.6) is 0 Å². The Morgan fingerprint density at radius 2 is 1.48 bits per heavy atom. The first-order valence-corrected chi connectivity index (χ1v) is 9.19. The quantitative estimate of drug-likeness (QED) is 0.757. The minimum absolute atomic E-state index is 0.214. The minimum Gasteiger partial charge on any atom is -0.333 e. The van der Waals surface area contributed by atoms with Gasteiger partial charge in [0, 0.05) is 58.0 Å². The molecule has 2 heterocycles. The van der Waals surface area contributed by atoms with Crippen molar-refractivity contribution in [1.29, 1.82) is 0 Å². The van der Waals surface area contributed by atoms with E-state index in [0.717, 1.165) is 48.0 Å². The number of nitrogens with one attached hydrogen (secondary N) is 1. The van der Waals surface area contributed by atoms with Crippen LogP contribution in [0.15, 0.2) is 36.4 Å². The van der Waals surface area contributed by atoms with Crippen LogP contribution in [-0.2, 0) is 11.3 Å². The number of halogens is 2. The Labute approximate surface area is 156 Å². The van der Waals surface area contributed by atoms with Crippen molar-refractivity contribution in [2.45, 2.75) is 6.54 Å².